The molecular formula is C26H21N3O5S. The van der Waals surface area contributed by atoms with E-state index in [9.17, 15) is 13.2 Å². The molecule has 0 radical (unpaired) electrons. The van der Waals surface area contributed by atoms with Crippen LogP contribution in [0.5, 0.6) is 0 Å². The van der Waals surface area contributed by atoms with Crippen molar-refractivity contribution in [3.63, 3.8) is 0 Å². The van der Waals surface area contributed by atoms with Crippen LogP contribution in [0.25, 0.3) is 22.6 Å². The number of benzene rings is 3. The lowest BCUT2D eigenvalue weighted by molar-refractivity contribution is 0.102. The molecule has 176 valence electrons. The van der Waals surface area contributed by atoms with E-state index >= 15 is 0 Å². The van der Waals surface area contributed by atoms with Crippen LogP contribution in [0.4, 0.5) is 5.69 Å². The van der Waals surface area contributed by atoms with Crippen molar-refractivity contribution >= 4 is 32.7 Å². The average molecular weight is 488 g/mol. The molecule has 3 aromatic carbocycles. The third-order valence-electron chi connectivity index (χ3n) is 5.47. The van der Waals surface area contributed by atoms with Crippen molar-refractivity contribution in [1.82, 2.24) is 9.29 Å². The molecule has 1 amide bonds. The maximum Gasteiger partial charge on any atom is 0.255 e. The summed E-state index contributed by atoms with van der Waals surface area (Å²) in [5.74, 6) is 0.680. The van der Waals surface area contributed by atoms with Crippen molar-refractivity contribution in [2.75, 3.05) is 12.4 Å². The lowest BCUT2D eigenvalue weighted by atomic mass is 10.2. The Morgan fingerprint density at radius 3 is 2.37 bits per heavy atom. The summed E-state index contributed by atoms with van der Waals surface area (Å²) in [6.07, 6.45) is 1.49. The molecule has 0 aliphatic rings. The third-order valence-corrected chi connectivity index (χ3v) is 7.28. The van der Waals surface area contributed by atoms with Crippen molar-refractivity contribution in [1.29, 1.82) is 0 Å². The first-order chi connectivity index (χ1) is 16.9. The Balaban J connectivity index is 1.26. The van der Waals surface area contributed by atoms with Gasteiger partial charge in [0.05, 0.1) is 17.7 Å². The van der Waals surface area contributed by atoms with Gasteiger partial charge in [-0.25, -0.2) is 13.4 Å². The quantitative estimate of drug-likeness (QED) is 0.340. The van der Waals surface area contributed by atoms with Gasteiger partial charge < -0.3 is 14.2 Å². The van der Waals surface area contributed by atoms with E-state index in [0.717, 1.165) is 11.1 Å². The normalized spacial score (nSPS) is 11.7. The molecule has 0 saturated carbocycles. The molecule has 1 N–H and O–H groups in total. The Bertz CT molecular complexity index is 1540. The second kappa shape index (κ2) is 9.21. The van der Waals surface area contributed by atoms with E-state index in [-0.39, 0.29) is 17.3 Å². The first-order valence-corrected chi connectivity index (χ1v) is 12.2. The fraction of sp³-hybridized carbons (Fsp3) is 0.0769. The van der Waals surface area contributed by atoms with Crippen LogP contribution in [-0.4, -0.2) is 30.7 Å². The SMILES string of the molecule is CN(Cc1ccco1)S(=O)(=O)c1ccc(C(=O)Nc2ccc(-c3nc4ccccc4o3)cc2)cc1. The van der Waals surface area contributed by atoms with Crippen LogP contribution >= 0.6 is 0 Å². The number of oxazole rings is 1. The molecule has 0 saturated heterocycles. The molecule has 0 spiro atoms. The van der Waals surface area contributed by atoms with Crippen molar-refractivity contribution < 1.29 is 22.0 Å². The Hall–Kier alpha value is -4.21. The lowest BCUT2D eigenvalue weighted by Gasteiger charge is -2.16. The van der Waals surface area contributed by atoms with Crippen LogP contribution in [-0.2, 0) is 16.6 Å². The van der Waals surface area contributed by atoms with Gasteiger partial charge in [0.1, 0.15) is 11.3 Å². The zero-order chi connectivity index (χ0) is 24.4. The number of anilines is 1. The number of hydrogen-bond acceptors (Lipinski definition) is 6. The number of amides is 1. The molecule has 0 unspecified atom stereocenters. The highest BCUT2D eigenvalue weighted by atomic mass is 32.2. The van der Waals surface area contributed by atoms with E-state index in [1.807, 2.05) is 36.4 Å². The Kier molecular flexibility index (Phi) is 5.94. The summed E-state index contributed by atoms with van der Waals surface area (Å²) in [7, 11) is -2.26. The van der Waals surface area contributed by atoms with Crippen molar-refractivity contribution in [2.45, 2.75) is 11.4 Å². The maximum absolute atomic E-state index is 12.8. The summed E-state index contributed by atoms with van der Waals surface area (Å²) >= 11 is 0. The summed E-state index contributed by atoms with van der Waals surface area (Å²) in [5, 5.41) is 2.81. The number of rotatable bonds is 7. The lowest BCUT2D eigenvalue weighted by Crippen LogP contribution is -2.26. The number of carbonyl (C=O) groups excluding carboxylic acids is 1. The highest BCUT2D eigenvalue weighted by Crippen LogP contribution is 2.25. The highest BCUT2D eigenvalue weighted by molar-refractivity contribution is 7.89. The maximum atomic E-state index is 12.8. The molecule has 0 aliphatic heterocycles. The van der Waals surface area contributed by atoms with Crippen LogP contribution in [0.2, 0.25) is 0 Å². The van der Waals surface area contributed by atoms with Crippen LogP contribution in [0, 0.1) is 0 Å². The van der Waals surface area contributed by atoms with E-state index in [1.54, 1.807) is 24.3 Å². The number of nitrogens with one attached hydrogen (secondary N) is 1. The Morgan fingerprint density at radius 2 is 1.69 bits per heavy atom. The fourth-order valence-electron chi connectivity index (χ4n) is 3.56. The molecule has 8 nitrogen and oxygen atoms in total. The first-order valence-electron chi connectivity index (χ1n) is 10.8. The Morgan fingerprint density at radius 1 is 0.943 bits per heavy atom. The molecule has 0 atom stereocenters. The van der Waals surface area contributed by atoms with Crippen LogP contribution in [0.3, 0.4) is 0 Å². The van der Waals surface area contributed by atoms with E-state index in [4.69, 9.17) is 8.83 Å². The molecule has 5 rings (SSSR count). The number of sulfonamides is 1. The molecule has 0 fully saturated rings. The Labute approximate surface area is 201 Å². The van der Waals surface area contributed by atoms with E-state index in [2.05, 4.69) is 10.3 Å². The summed E-state index contributed by atoms with van der Waals surface area (Å²) in [4.78, 5) is 17.2. The number of carbonyl (C=O) groups is 1. The number of para-hydroxylation sites is 2. The van der Waals surface area contributed by atoms with Gasteiger partial charge in [-0.15, -0.1) is 0 Å². The smallest absolute Gasteiger partial charge is 0.255 e. The van der Waals surface area contributed by atoms with Gasteiger partial charge in [0, 0.05) is 23.9 Å². The van der Waals surface area contributed by atoms with Crippen LogP contribution < -0.4 is 5.32 Å². The number of aromatic nitrogens is 1. The molecule has 0 bridgehead atoms. The molecule has 5 aromatic rings. The molecule has 0 aliphatic carbocycles. The minimum atomic E-state index is -3.73. The van der Waals surface area contributed by atoms with Crippen molar-refractivity contribution in [3.05, 3.63) is 103 Å². The monoisotopic (exact) mass is 487 g/mol. The molecule has 9 heteroatoms. The predicted molar refractivity (Wildman–Crippen MR) is 131 cm³/mol. The standard InChI is InChI=1S/C26H21N3O5S/c1-29(17-21-5-4-16-33-21)35(31,32)22-14-10-18(11-15-22)25(30)27-20-12-8-19(9-13-20)26-28-23-6-2-3-7-24(23)34-26/h2-16H,17H2,1H3,(H,27,30). The van der Waals surface area contributed by atoms with Gasteiger partial charge >= 0.3 is 0 Å². The van der Waals surface area contributed by atoms with Gasteiger partial charge in [-0.1, -0.05) is 12.1 Å². The van der Waals surface area contributed by atoms with E-state index < -0.39 is 10.0 Å². The van der Waals surface area contributed by atoms with Crippen LogP contribution in [0.1, 0.15) is 16.1 Å². The fourth-order valence-corrected chi connectivity index (χ4v) is 4.70. The number of fused-ring (bicyclic) bond motifs is 1. The second-order valence-electron chi connectivity index (χ2n) is 7.88. The minimum Gasteiger partial charge on any atom is -0.468 e. The summed E-state index contributed by atoms with van der Waals surface area (Å²) in [5.41, 5.74) is 3.19. The van der Waals surface area contributed by atoms with E-state index in [1.165, 1.54) is 41.9 Å². The molecular weight excluding hydrogens is 466 g/mol. The number of hydrogen-bond donors (Lipinski definition) is 1. The van der Waals surface area contributed by atoms with Crippen LogP contribution in [0.15, 0.2) is 105 Å². The molecule has 2 aromatic heterocycles. The third kappa shape index (κ3) is 4.72. The molecule has 2 heterocycles. The van der Waals surface area contributed by atoms with Gasteiger partial charge in [0.2, 0.25) is 15.9 Å². The number of nitrogens with zero attached hydrogens (tertiary/aromatic N) is 2. The molecule has 35 heavy (non-hydrogen) atoms. The van der Waals surface area contributed by atoms with Gasteiger partial charge in [0.25, 0.3) is 5.91 Å². The zero-order valence-corrected chi connectivity index (χ0v) is 19.5. The predicted octanol–water partition coefficient (Wildman–Crippen LogP) is 5.16. The average Bonchev–Trinajstić information content (AvgIpc) is 3.54. The van der Waals surface area contributed by atoms with Gasteiger partial charge in [-0.2, -0.15) is 4.31 Å². The summed E-state index contributed by atoms with van der Waals surface area (Å²) in [6.45, 7) is 0.108. The van der Waals surface area contributed by atoms with Gasteiger partial charge in [-0.05, 0) is 72.8 Å². The second-order valence-corrected chi connectivity index (χ2v) is 9.93. The minimum absolute atomic E-state index is 0.0887. The van der Waals surface area contributed by atoms with E-state index in [0.29, 0.717) is 28.5 Å². The number of furan rings is 1. The zero-order valence-electron chi connectivity index (χ0n) is 18.7. The largest absolute Gasteiger partial charge is 0.468 e. The van der Waals surface area contributed by atoms with Gasteiger partial charge in [0.15, 0.2) is 5.58 Å². The topological polar surface area (TPSA) is 106 Å². The first kappa shape index (κ1) is 22.6. The summed E-state index contributed by atoms with van der Waals surface area (Å²) in [6, 6.07) is 23.9. The summed E-state index contributed by atoms with van der Waals surface area (Å²) < 4.78 is 37.8. The van der Waals surface area contributed by atoms with Gasteiger partial charge in [-0.3, -0.25) is 4.79 Å². The van der Waals surface area contributed by atoms with Crippen molar-refractivity contribution in [3.8, 4) is 11.5 Å². The van der Waals surface area contributed by atoms with Crippen molar-refractivity contribution in [2.24, 2.45) is 0 Å². The highest BCUT2D eigenvalue weighted by Gasteiger charge is 2.22.